The van der Waals surface area contributed by atoms with E-state index in [9.17, 15) is 0 Å². The van der Waals surface area contributed by atoms with Crippen LogP contribution in [0.2, 0.25) is 0 Å². The molecule has 19 heavy (non-hydrogen) atoms. The molecule has 1 fully saturated rings. The molecule has 4 rings (SSSR count). The van der Waals surface area contributed by atoms with Crippen LogP contribution in [0.25, 0.3) is 10.9 Å². The summed E-state index contributed by atoms with van der Waals surface area (Å²) in [7, 11) is 2.22. The lowest BCUT2D eigenvalue weighted by molar-refractivity contribution is 0.222. The molecule has 2 aromatic rings. The summed E-state index contributed by atoms with van der Waals surface area (Å²) < 4.78 is 2.40. The molecule has 0 saturated carbocycles. The molecule has 2 aliphatic heterocycles. The minimum Gasteiger partial charge on any atom is -0.346 e. The van der Waals surface area contributed by atoms with Gasteiger partial charge in [0.2, 0.25) is 0 Å². The molecule has 3 heterocycles. The fourth-order valence-corrected chi connectivity index (χ4v) is 3.72. The number of para-hydroxylation sites is 1. The fourth-order valence-electron chi connectivity index (χ4n) is 3.72. The van der Waals surface area contributed by atoms with Crippen LogP contribution in [-0.4, -0.2) is 22.1 Å². The molecule has 1 aromatic carbocycles. The van der Waals surface area contributed by atoms with E-state index in [0.29, 0.717) is 0 Å². The third kappa shape index (κ3) is 1.90. The van der Waals surface area contributed by atoms with Gasteiger partial charge >= 0.3 is 0 Å². The SMILES string of the molecule is CC.Cn1c2c(c3ccccc31)CC1CCCN1C2. The molecular weight excluding hydrogens is 232 g/mol. The van der Waals surface area contributed by atoms with Gasteiger partial charge in [0.1, 0.15) is 0 Å². The summed E-state index contributed by atoms with van der Waals surface area (Å²) in [5, 5.41) is 1.48. The standard InChI is InChI=1S/C15H18N2.C2H6/c1-16-14-7-3-2-6-12(14)13-9-11-5-4-8-17(11)10-15(13)16;1-2/h2-3,6-7,11H,4-5,8-10H2,1H3;1-2H3. The Balaban J connectivity index is 0.000000528. The topological polar surface area (TPSA) is 8.17 Å². The van der Waals surface area contributed by atoms with Gasteiger partial charge < -0.3 is 4.57 Å². The number of hydrogen-bond donors (Lipinski definition) is 0. The first-order chi connectivity index (χ1) is 9.34. The summed E-state index contributed by atoms with van der Waals surface area (Å²) in [6.45, 7) is 6.46. The second kappa shape index (κ2) is 5.01. The number of benzene rings is 1. The van der Waals surface area contributed by atoms with Crippen LogP contribution < -0.4 is 0 Å². The van der Waals surface area contributed by atoms with Crippen LogP contribution in [0.1, 0.15) is 37.9 Å². The Hall–Kier alpha value is -1.28. The smallest absolute Gasteiger partial charge is 0.0483 e. The predicted molar refractivity (Wildman–Crippen MR) is 81.4 cm³/mol. The molecular formula is C17H24N2. The molecule has 0 amide bonds. The van der Waals surface area contributed by atoms with Gasteiger partial charge in [0.25, 0.3) is 0 Å². The first kappa shape index (κ1) is 12.7. The van der Waals surface area contributed by atoms with Crippen molar-refractivity contribution in [2.45, 2.75) is 45.7 Å². The maximum Gasteiger partial charge on any atom is 0.0483 e. The monoisotopic (exact) mass is 256 g/mol. The van der Waals surface area contributed by atoms with Crippen LogP contribution in [0.5, 0.6) is 0 Å². The normalized spacial score (nSPS) is 21.7. The molecule has 1 aromatic heterocycles. The van der Waals surface area contributed by atoms with Gasteiger partial charge in [-0.1, -0.05) is 32.0 Å². The van der Waals surface area contributed by atoms with Crippen molar-refractivity contribution in [3.05, 3.63) is 35.5 Å². The van der Waals surface area contributed by atoms with Crippen molar-refractivity contribution >= 4 is 10.9 Å². The van der Waals surface area contributed by atoms with Crippen molar-refractivity contribution in [1.29, 1.82) is 0 Å². The van der Waals surface area contributed by atoms with Crippen molar-refractivity contribution < 1.29 is 0 Å². The van der Waals surface area contributed by atoms with E-state index in [-0.39, 0.29) is 0 Å². The van der Waals surface area contributed by atoms with Gasteiger partial charge in [0.15, 0.2) is 0 Å². The van der Waals surface area contributed by atoms with Gasteiger partial charge in [-0.25, -0.2) is 0 Å². The molecule has 2 aliphatic rings. The number of nitrogens with zero attached hydrogens (tertiary/aromatic N) is 2. The van der Waals surface area contributed by atoms with Crippen LogP contribution >= 0.6 is 0 Å². The van der Waals surface area contributed by atoms with E-state index in [1.165, 1.54) is 36.7 Å². The number of rotatable bonds is 0. The minimum absolute atomic E-state index is 0.813. The van der Waals surface area contributed by atoms with Gasteiger partial charge in [0, 0.05) is 36.2 Å². The number of aryl methyl sites for hydroxylation is 1. The molecule has 102 valence electrons. The molecule has 1 atom stereocenters. The van der Waals surface area contributed by atoms with Crippen LogP contribution in [-0.2, 0) is 20.0 Å². The Morgan fingerprint density at radius 1 is 1.16 bits per heavy atom. The number of aromatic nitrogens is 1. The largest absolute Gasteiger partial charge is 0.346 e. The second-order valence-corrected chi connectivity index (χ2v) is 5.47. The van der Waals surface area contributed by atoms with Gasteiger partial charge in [-0.3, -0.25) is 4.90 Å². The lowest BCUT2D eigenvalue weighted by Crippen LogP contribution is -2.35. The average Bonchev–Trinajstić information content (AvgIpc) is 3.04. The predicted octanol–water partition coefficient (Wildman–Crippen LogP) is 3.73. The number of hydrogen-bond acceptors (Lipinski definition) is 1. The zero-order valence-electron chi connectivity index (χ0n) is 12.3. The molecule has 0 aliphatic carbocycles. The minimum atomic E-state index is 0.813. The maximum atomic E-state index is 2.67. The molecule has 0 N–H and O–H groups in total. The summed E-state index contributed by atoms with van der Waals surface area (Å²) in [6.07, 6.45) is 4.04. The molecule has 0 bridgehead atoms. The van der Waals surface area contributed by atoms with E-state index < -0.39 is 0 Å². The Morgan fingerprint density at radius 3 is 2.79 bits per heavy atom. The maximum absolute atomic E-state index is 2.67. The average molecular weight is 256 g/mol. The Labute approximate surface area is 116 Å². The van der Waals surface area contributed by atoms with Crippen LogP contribution in [0.3, 0.4) is 0 Å². The van der Waals surface area contributed by atoms with Gasteiger partial charge in [-0.15, -0.1) is 0 Å². The highest BCUT2D eigenvalue weighted by molar-refractivity contribution is 5.85. The third-order valence-corrected chi connectivity index (χ3v) is 4.64. The molecule has 2 heteroatoms. The van der Waals surface area contributed by atoms with Crippen molar-refractivity contribution in [3.63, 3.8) is 0 Å². The van der Waals surface area contributed by atoms with Crippen molar-refractivity contribution in [1.82, 2.24) is 9.47 Å². The Bertz CT molecular complexity index is 582. The quantitative estimate of drug-likeness (QED) is 0.697. The Kier molecular flexibility index (Phi) is 3.36. The van der Waals surface area contributed by atoms with E-state index in [0.717, 1.165) is 12.6 Å². The lowest BCUT2D eigenvalue weighted by Gasteiger charge is -2.30. The van der Waals surface area contributed by atoms with Crippen molar-refractivity contribution in [2.24, 2.45) is 7.05 Å². The first-order valence-corrected chi connectivity index (χ1v) is 7.64. The van der Waals surface area contributed by atoms with Crippen LogP contribution in [0, 0.1) is 0 Å². The zero-order chi connectivity index (χ0) is 13.4. The molecule has 0 radical (unpaired) electrons. The lowest BCUT2D eigenvalue weighted by atomic mass is 9.97. The first-order valence-electron chi connectivity index (χ1n) is 7.64. The second-order valence-electron chi connectivity index (χ2n) is 5.47. The van der Waals surface area contributed by atoms with E-state index in [4.69, 9.17) is 0 Å². The molecule has 1 unspecified atom stereocenters. The molecule has 1 saturated heterocycles. The Morgan fingerprint density at radius 2 is 1.95 bits per heavy atom. The zero-order valence-corrected chi connectivity index (χ0v) is 12.3. The van der Waals surface area contributed by atoms with Crippen molar-refractivity contribution in [3.8, 4) is 0 Å². The fraction of sp³-hybridized carbons (Fsp3) is 0.529. The van der Waals surface area contributed by atoms with Crippen molar-refractivity contribution in [2.75, 3.05) is 6.54 Å². The summed E-state index contributed by atoms with van der Waals surface area (Å²) in [5.74, 6) is 0. The summed E-state index contributed by atoms with van der Waals surface area (Å²) in [4.78, 5) is 2.67. The highest BCUT2D eigenvalue weighted by atomic mass is 15.2. The molecule has 0 spiro atoms. The highest BCUT2D eigenvalue weighted by Crippen LogP contribution is 2.35. The highest BCUT2D eigenvalue weighted by Gasteiger charge is 2.32. The third-order valence-electron chi connectivity index (χ3n) is 4.64. The van der Waals surface area contributed by atoms with Crippen LogP contribution in [0.4, 0.5) is 0 Å². The van der Waals surface area contributed by atoms with E-state index in [1.807, 2.05) is 13.8 Å². The summed E-state index contributed by atoms with van der Waals surface area (Å²) in [6, 6.07) is 9.67. The van der Waals surface area contributed by atoms with E-state index in [2.05, 4.69) is 40.8 Å². The van der Waals surface area contributed by atoms with Crippen LogP contribution in [0.15, 0.2) is 24.3 Å². The number of fused-ring (bicyclic) bond motifs is 4. The van der Waals surface area contributed by atoms with E-state index >= 15 is 0 Å². The van der Waals surface area contributed by atoms with Gasteiger partial charge in [-0.05, 0) is 37.4 Å². The van der Waals surface area contributed by atoms with E-state index in [1.54, 1.807) is 11.3 Å². The van der Waals surface area contributed by atoms with Gasteiger partial charge in [-0.2, -0.15) is 0 Å². The summed E-state index contributed by atoms with van der Waals surface area (Å²) in [5.41, 5.74) is 4.56. The molecule has 2 nitrogen and oxygen atoms in total. The van der Waals surface area contributed by atoms with Gasteiger partial charge in [0.05, 0.1) is 0 Å². The summed E-state index contributed by atoms with van der Waals surface area (Å²) >= 11 is 0.